The quantitative estimate of drug-likeness (QED) is 0.586. The Morgan fingerprint density at radius 3 is 2.55 bits per heavy atom. The number of benzene rings is 2. The summed E-state index contributed by atoms with van der Waals surface area (Å²) < 4.78 is 6.21. The third-order valence-corrected chi connectivity index (χ3v) is 5.45. The topological polar surface area (TPSA) is 76.0 Å². The van der Waals surface area contributed by atoms with E-state index in [0.717, 1.165) is 25.9 Å². The van der Waals surface area contributed by atoms with Gasteiger partial charge in [0.25, 0.3) is 11.8 Å². The number of carbonyl (C=O) groups is 2. The molecule has 29 heavy (non-hydrogen) atoms. The number of rotatable bonds is 8. The van der Waals surface area contributed by atoms with Crippen LogP contribution in [0.3, 0.4) is 0 Å². The Morgan fingerprint density at radius 1 is 1.14 bits per heavy atom. The highest BCUT2D eigenvalue weighted by atomic mass is 32.1. The highest BCUT2D eigenvalue weighted by Gasteiger charge is 2.18. The van der Waals surface area contributed by atoms with Gasteiger partial charge in [0.05, 0.1) is 30.9 Å². The average Bonchev–Trinajstić information content (AvgIpc) is 3.10. The molecule has 2 N–H and O–H groups in total. The van der Waals surface area contributed by atoms with Crippen LogP contribution in [0.5, 0.6) is 5.75 Å². The Labute approximate surface area is 173 Å². The van der Waals surface area contributed by atoms with Gasteiger partial charge >= 0.3 is 0 Å². The second kappa shape index (κ2) is 9.49. The number of likely N-dealkylation sites (N-methyl/N-ethyl adjacent to an activating group) is 2. The molecule has 1 atom stereocenters. The second-order valence-electron chi connectivity index (χ2n) is 6.91. The summed E-state index contributed by atoms with van der Waals surface area (Å²) in [4.78, 5) is 31.8. The van der Waals surface area contributed by atoms with Gasteiger partial charge in [-0.3, -0.25) is 9.59 Å². The number of aromatic nitrogens is 1. The zero-order valence-electron chi connectivity index (χ0n) is 16.8. The predicted molar refractivity (Wildman–Crippen MR) is 114 cm³/mol. The molecule has 0 fully saturated rings. The molecule has 3 rings (SSSR count). The molecule has 0 saturated carbocycles. The van der Waals surface area contributed by atoms with Crippen molar-refractivity contribution in [2.45, 2.75) is 6.54 Å². The zero-order chi connectivity index (χ0) is 20.8. The van der Waals surface area contributed by atoms with Crippen LogP contribution in [-0.2, 0) is 16.1 Å². The lowest BCUT2D eigenvalue weighted by Gasteiger charge is -2.19. The molecule has 152 valence electrons. The maximum atomic E-state index is 12.5. The van der Waals surface area contributed by atoms with Crippen molar-refractivity contribution in [2.75, 3.05) is 39.6 Å². The fourth-order valence-corrected chi connectivity index (χ4v) is 3.91. The van der Waals surface area contributed by atoms with Gasteiger partial charge in [-0.15, -0.1) is 11.3 Å². The minimum Gasteiger partial charge on any atom is -0.497 e. The van der Waals surface area contributed by atoms with E-state index in [1.807, 2.05) is 31.3 Å². The summed E-state index contributed by atoms with van der Waals surface area (Å²) in [5.41, 5.74) is 1.65. The number of nitrogens with zero attached hydrogens (tertiary/aromatic N) is 2. The first-order valence-electron chi connectivity index (χ1n) is 9.28. The fourth-order valence-electron chi connectivity index (χ4n) is 2.89. The number of methoxy groups -OCH3 is 1. The molecule has 2 aromatic carbocycles. The Kier molecular flexibility index (Phi) is 6.79. The summed E-state index contributed by atoms with van der Waals surface area (Å²) in [6, 6.07) is 15.1. The third kappa shape index (κ3) is 5.75. The van der Waals surface area contributed by atoms with Crippen LogP contribution in [0, 0.1) is 0 Å². The van der Waals surface area contributed by atoms with Gasteiger partial charge < -0.3 is 19.9 Å². The lowest BCUT2D eigenvalue weighted by molar-refractivity contribution is -0.862. The van der Waals surface area contributed by atoms with E-state index in [2.05, 4.69) is 10.3 Å². The number of thiazole rings is 1. The first-order chi connectivity index (χ1) is 13.9. The molecule has 1 aromatic heterocycles. The molecule has 1 heterocycles. The minimum atomic E-state index is -0.144. The van der Waals surface area contributed by atoms with Crippen molar-refractivity contribution in [2.24, 2.45) is 0 Å². The number of amides is 2. The Hall–Kier alpha value is -2.97. The first-order valence-corrected chi connectivity index (χ1v) is 10.1. The number of quaternary nitrogens is 1. The molecular weight excluding hydrogens is 388 g/mol. The van der Waals surface area contributed by atoms with Crippen molar-refractivity contribution in [3.8, 4) is 5.75 Å². The minimum absolute atomic E-state index is 0.0287. The van der Waals surface area contributed by atoms with E-state index in [9.17, 15) is 9.59 Å². The number of nitrogens with one attached hydrogen (secondary N) is 2. The molecule has 0 saturated heterocycles. The molecule has 7 nitrogen and oxygen atoms in total. The lowest BCUT2D eigenvalue weighted by atomic mass is 10.3. The lowest BCUT2D eigenvalue weighted by Crippen LogP contribution is -3.11. The van der Waals surface area contributed by atoms with Crippen molar-refractivity contribution >= 4 is 39.1 Å². The van der Waals surface area contributed by atoms with Crippen molar-refractivity contribution in [1.82, 2.24) is 9.88 Å². The third-order valence-electron chi connectivity index (χ3n) is 4.43. The smallest absolute Gasteiger partial charge is 0.279 e. The van der Waals surface area contributed by atoms with Crippen LogP contribution in [0.25, 0.3) is 10.2 Å². The number of ether oxygens (including phenoxy) is 1. The molecule has 0 radical (unpaired) electrons. The average molecular weight is 414 g/mol. The summed E-state index contributed by atoms with van der Waals surface area (Å²) in [7, 11) is 5.19. The SMILES string of the molecule is COc1ccc(NC(=O)C[NH+](C)CC(=O)N(C)Cc2nc3ccccc3s2)cc1. The van der Waals surface area contributed by atoms with Crippen LogP contribution in [0.2, 0.25) is 0 Å². The summed E-state index contributed by atoms with van der Waals surface area (Å²) in [6.07, 6.45) is 0. The maximum absolute atomic E-state index is 12.5. The Bertz CT molecular complexity index is 954. The zero-order valence-corrected chi connectivity index (χ0v) is 17.6. The molecule has 0 aliphatic carbocycles. The maximum Gasteiger partial charge on any atom is 0.279 e. The van der Waals surface area contributed by atoms with E-state index < -0.39 is 0 Å². The Morgan fingerprint density at radius 2 is 1.86 bits per heavy atom. The molecule has 8 heteroatoms. The van der Waals surface area contributed by atoms with Crippen LogP contribution in [-0.4, -0.2) is 56.0 Å². The normalized spacial score (nSPS) is 11.8. The van der Waals surface area contributed by atoms with Crippen LogP contribution in [0.1, 0.15) is 5.01 Å². The summed E-state index contributed by atoms with van der Waals surface area (Å²) >= 11 is 1.59. The van der Waals surface area contributed by atoms with E-state index in [1.54, 1.807) is 54.7 Å². The largest absolute Gasteiger partial charge is 0.497 e. The number of fused-ring (bicyclic) bond motifs is 1. The van der Waals surface area contributed by atoms with Gasteiger partial charge in [-0.25, -0.2) is 4.98 Å². The van der Waals surface area contributed by atoms with Crippen molar-refractivity contribution in [1.29, 1.82) is 0 Å². The molecule has 0 aliphatic rings. The van der Waals surface area contributed by atoms with Crippen LogP contribution in [0.15, 0.2) is 48.5 Å². The van der Waals surface area contributed by atoms with Crippen LogP contribution < -0.4 is 15.0 Å². The monoisotopic (exact) mass is 413 g/mol. The molecule has 2 amide bonds. The van der Waals surface area contributed by atoms with Crippen molar-refractivity contribution in [3.05, 3.63) is 53.5 Å². The predicted octanol–water partition coefficient (Wildman–Crippen LogP) is 1.42. The molecule has 1 unspecified atom stereocenters. The van der Waals surface area contributed by atoms with Gasteiger partial charge in [-0.1, -0.05) is 12.1 Å². The van der Waals surface area contributed by atoms with Crippen molar-refractivity contribution < 1.29 is 19.2 Å². The van der Waals surface area contributed by atoms with E-state index >= 15 is 0 Å². The van der Waals surface area contributed by atoms with Gasteiger partial charge in [0.2, 0.25) is 0 Å². The second-order valence-corrected chi connectivity index (χ2v) is 8.03. The number of carbonyl (C=O) groups excluding carboxylic acids is 2. The molecule has 0 spiro atoms. The van der Waals surface area contributed by atoms with Gasteiger partial charge in [-0.05, 0) is 36.4 Å². The van der Waals surface area contributed by atoms with E-state index in [-0.39, 0.29) is 24.9 Å². The van der Waals surface area contributed by atoms with E-state index in [4.69, 9.17) is 4.74 Å². The summed E-state index contributed by atoms with van der Waals surface area (Å²) in [5, 5.41) is 3.73. The highest BCUT2D eigenvalue weighted by Crippen LogP contribution is 2.22. The standard InChI is InChI=1S/C21H24N4O3S/c1-24(12-19(26)22-15-8-10-16(28-3)11-9-15)14-21(27)25(2)13-20-23-17-6-4-5-7-18(17)29-20/h4-11H,12-14H2,1-3H3,(H,22,26)/p+1. The van der Waals surface area contributed by atoms with Crippen LogP contribution in [0.4, 0.5) is 5.69 Å². The summed E-state index contributed by atoms with van der Waals surface area (Å²) in [6.45, 7) is 0.897. The Balaban J connectivity index is 1.47. The van der Waals surface area contributed by atoms with Crippen molar-refractivity contribution in [3.63, 3.8) is 0 Å². The van der Waals surface area contributed by atoms with E-state index in [1.165, 1.54) is 0 Å². The number of hydrogen-bond donors (Lipinski definition) is 2. The number of para-hydroxylation sites is 1. The van der Waals surface area contributed by atoms with E-state index in [0.29, 0.717) is 12.2 Å². The van der Waals surface area contributed by atoms with Crippen LogP contribution >= 0.6 is 11.3 Å². The highest BCUT2D eigenvalue weighted by molar-refractivity contribution is 7.18. The first kappa shape index (κ1) is 20.8. The molecule has 3 aromatic rings. The van der Waals surface area contributed by atoms with Gasteiger partial charge in [0.1, 0.15) is 10.8 Å². The number of hydrogen-bond acceptors (Lipinski definition) is 5. The van der Waals surface area contributed by atoms with Gasteiger partial charge in [0.15, 0.2) is 13.1 Å². The number of anilines is 1. The molecule has 0 bridgehead atoms. The molecular formula is C21H25N4O3S+. The van der Waals surface area contributed by atoms with Gasteiger partial charge in [0, 0.05) is 12.7 Å². The fraction of sp³-hybridized carbons (Fsp3) is 0.286. The van der Waals surface area contributed by atoms with Gasteiger partial charge in [-0.2, -0.15) is 0 Å². The molecule has 0 aliphatic heterocycles. The summed E-state index contributed by atoms with van der Waals surface area (Å²) in [5.74, 6) is 0.556.